The third kappa shape index (κ3) is 5.88. The summed E-state index contributed by atoms with van der Waals surface area (Å²) in [6.07, 6.45) is 2.22. The van der Waals surface area contributed by atoms with Crippen molar-refractivity contribution in [3.8, 4) is 12.1 Å². The van der Waals surface area contributed by atoms with Gasteiger partial charge in [0, 0.05) is 25.3 Å². The summed E-state index contributed by atoms with van der Waals surface area (Å²) in [7, 11) is 0. The molecule has 1 saturated heterocycles. The molecule has 28 heavy (non-hydrogen) atoms. The van der Waals surface area contributed by atoms with E-state index in [9.17, 15) is 9.18 Å². The van der Waals surface area contributed by atoms with E-state index in [-0.39, 0.29) is 23.4 Å². The number of piperidine rings is 1. The van der Waals surface area contributed by atoms with Crippen molar-refractivity contribution in [2.24, 2.45) is 0 Å². The van der Waals surface area contributed by atoms with Crippen LogP contribution in [0.4, 0.5) is 20.6 Å². The van der Waals surface area contributed by atoms with Crippen molar-refractivity contribution in [3.63, 3.8) is 0 Å². The number of ether oxygens (including phenoxy) is 1. The number of benzene rings is 1. The molecule has 1 aromatic carbocycles. The number of allylic oxidation sites excluding steroid dienone is 1. The molecule has 2 N–H and O–H groups in total. The number of para-hydroxylation sites is 1. The minimum atomic E-state index is -0.534. The number of hydrogen-bond donors (Lipinski definition) is 2. The van der Waals surface area contributed by atoms with Gasteiger partial charge in [0.25, 0.3) is 0 Å². The lowest BCUT2D eigenvalue weighted by atomic mass is 10.0. The second-order valence-corrected chi connectivity index (χ2v) is 7.47. The minimum absolute atomic E-state index is 0.0522. The minimum Gasteiger partial charge on any atom is -0.444 e. The molecular formula is C20H24FN5O2. The van der Waals surface area contributed by atoms with E-state index in [0.717, 1.165) is 0 Å². The Hall–Kier alpha value is -3.26. The van der Waals surface area contributed by atoms with Crippen molar-refractivity contribution >= 4 is 17.5 Å². The van der Waals surface area contributed by atoms with Gasteiger partial charge >= 0.3 is 6.09 Å². The number of carbonyl (C=O) groups excluding carboxylic acids is 1. The van der Waals surface area contributed by atoms with Crippen LogP contribution < -0.4 is 10.6 Å². The second kappa shape index (κ2) is 9.09. The van der Waals surface area contributed by atoms with Gasteiger partial charge in [-0.3, -0.25) is 0 Å². The summed E-state index contributed by atoms with van der Waals surface area (Å²) >= 11 is 0. The van der Waals surface area contributed by atoms with E-state index in [2.05, 4.69) is 10.6 Å². The Balaban J connectivity index is 2.01. The molecule has 1 aliphatic rings. The Morgan fingerprint density at radius 2 is 1.93 bits per heavy atom. The smallest absolute Gasteiger partial charge is 0.410 e. The third-order valence-corrected chi connectivity index (χ3v) is 4.12. The fraction of sp³-hybridized carbons (Fsp3) is 0.450. The molecule has 0 unspecified atom stereocenters. The Labute approximate surface area is 164 Å². The van der Waals surface area contributed by atoms with Crippen molar-refractivity contribution in [1.82, 2.24) is 4.90 Å². The number of nitrogens with one attached hydrogen (secondary N) is 2. The highest BCUT2D eigenvalue weighted by molar-refractivity contribution is 5.71. The van der Waals surface area contributed by atoms with Gasteiger partial charge in [-0.1, -0.05) is 6.07 Å². The molecule has 1 aromatic rings. The molecular weight excluding hydrogens is 361 g/mol. The fourth-order valence-corrected chi connectivity index (χ4v) is 2.78. The number of halogens is 1. The standard InChI is InChI=1S/C20H24FN5O2/c1-20(2,3)28-19(27)26-9-7-15(8-10-26)25-17-6-4-5-16(21)18(17)24-13-14(11-22)12-23/h4-6,13,15,24-25H,7-10H2,1-3H3. The van der Waals surface area contributed by atoms with Gasteiger partial charge in [0.2, 0.25) is 0 Å². The van der Waals surface area contributed by atoms with E-state index >= 15 is 0 Å². The second-order valence-electron chi connectivity index (χ2n) is 7.47. The summed E-state index contributed by atoms with van der Waals surface area (Å²) in [4.78, 5) is 13.8. The quantitative estimate of drug-likeness (QED) is 0.760. The zero-order valence-corrected chi connectivity index (χ0v) is 16.3. The monoisotopic (exact) mass is 385 g/mol. The molecule has 0 bridgehead atoms. The molecule has 0 radical (unpaired) electrons. The van der Waals surface area contributed by atoms with Crippen LogP contribution in [0, 0.1) is 28.5 Å². The van der Waals surface area contributed by atoms with Gasteiger partial charge in [0.15, 0.2) is 0 Å². The van der Waals surface area contributed by atoms with Crippen LogP contribution in [0.25, 0.3) is 0 Å². The first-order valence-corrected chi connectivity index (χ1v) is 9.03. The molecule has 8 heteroatoms. The van der Waals surface area contributed by atoms with Crippen LogP contribution in [-0.2, 0) is 4.74 Å². The lowest BCUT2D eigenvalue weighted by Gasteiger charge is -2.34. The highest BCUT2D eigenvalue weighted by Gasteiger charge is 2.27. The van der Waals surface area contributed by atoms with Crippen molar-refractivity contribution in [2.45, 2.75) is 45.3 Å². The van der Waals surface area contributed by atoms with Gasteiger partial charge in [-0.2, -0.15) is 10.5 Å². The molecule has 148 valence electrons. The van der Waals surface area contributed by atoms with Gasteiger partial charge < -0.3 is 20.3 Å². The third-order valence-electron chi connectivity index (χ3n) is 4.12. The summed E-state index contributed by atoms with van der Waals surface area (Å²) < 4.78 is 19.6. The Morgan fingerprint density at radius 3 is 2.50 bits per heavy atom. The molecule has 1 fully saturated rings. The van der Waals surface area contributed by atoms with Gasteiger partial charge in [-0.25, -0.2) is 9.18 Å². The molecule has 1 heterocycles. The van der Waals surface area contributed by atoms with E-state index in [1.807, 2.05) is 20.8 Å². The number of hydrogen-bond acceptors (Lipinski definition) is 6. The van der Waals surface area contributed by atoms with Crippen LogP contribution in [0.1, 0.15) is 33.6 Å². The van der Waals surface area contributed by atoms with Crippen LogP contribution >= 0.6 is 0 Å². The zero-order valence-electron chi connectivity index (χ0n) is 16.3. The maximum Gasteiger partial charge on any atom is 0.410 e. The molecule has 7 nitrogen and oxygen atoms in total. The number of rotatable bonds is 4. The van der Waals surface area contributed by atoms with E-state index in [4.69, 9.17) is 15.3 Å². The van der Waals surface area contributed by atoms with Crippen LogP contribution in [0.5, 0.6) is 0 Å². The SMILES string of the molecule is CC(C)(C)OC(=O)N1CCC(Nc2cccc(F)c2NC=C(C#N)C#N)CC1. The normalized spacial score (nSPS) is 14.4. The molecule has 1 amide bonds. The fourth-order valence-electron chi connectivity index (χ4n) is 2.78. The van der Waals surface area contributed by atoms with Crippen molar-refractivity contribution in [1.29, 1.82) is 10.5 Å². The largest absolute Gasteiger partial charge is 0.444 e. The highest BCUT2D eigenvalue weighted by atomic mass is 19.1. The zero-order chi connectivity index (χ0) is 20.7. The predicted molar refractivity (Wildman–Crippen MR) is 104 cm³/mol. The Bertz CT molecular complexity index is 808. The number of nitrogens with zero attached hydrogens (tertiary/aromatic N) is 3. The maximum absolute atomic E-state index is 14.2. The van der Waals surface area contributed by atoms with Gasteiger partial charge in [-0.05, 0) is 45.7 Å². The van der Waals surface area contributed by atoms with Gasteiger partial charge in [-0.15, -0.1) is 0 Å². The molecule has 0 atom stereocenters. The van der Waals surface area contributed by atoms with Crippen LogP contribution in [0.3, 0.4) is 0 Å². The first-order chi connectivity index (χ1) is 13.2. The summed E-state index contributed by atoms with van der Waals surface area (Å²) in [6, 6.07) is 8.09. The number of carbonyl (C=O) groups is 1. The molecule has 1 aliphatic heterocycles. The van der Waals surface area contributed by atoms with E-state index < -0.39 is 11.4 Å². The first-order valence-electron chi connectivity index (χ1n) is 9.03. The van der Waals surface area contributed by atoms with Crippen LogP contribution in [0.2, 0.25) is 0 Å². The molecule has 0 aromatic heterocycles. The van der Waals surface area contributed by atoms with E-state index in [0.29, 0.717) is 31.6 Å². The number of nitriles is 2. The molecule has 2 rings (SSSR count). The van der Waals surface area contributed by atoms with Crippen molar-refractivity contribution in [3.05, 3.63) is 35.8 Å². The number of anilines is 2. The van der Waals surface area contributed by atoms with Crippen molar-refractivity contribution < 1.29 is 13.9 Å². The van der Waals surface area contributed by atoms with Crippen LogP contribution in [0.15, 0.2) is 30.0 Å². The Kier molecular flexibility index (Phi) is 6.84. The summed E-state index contributed by atoms with van der Waals surface area (Å²) in [6.45, 7) is 6.57. The summed E-state index contributed by atoms with van der Waals surface area (Å²) in [5, 5.41) is 23.6. The predicted octanol–water partition coefficient (Wildman–Crippen LogP) is 3.98. The first kappa shape index (κ1) is 21.0. The average molecular weight is 385 g/mol. The summed E-state index contributed by atoms with van der Waals surface area (Å²) in [5.74, 6) is -0.498. The molecule has 0 spiro atoms. The number of amides is 1. The van der Waals surface area contributed by atoms with Gasteiger partial charge in [0.05, 0.1) is 11.4 Å². The maximum atomic E-state index is 14.2. The summed E-state index contributed by atoms with van der Waals surface area (Å²) in [5.41, 5.74) is 0.00946. The van der Waals surface area contributed by atoms with E-state index in [1.54, 1.807) is 29.2 Å². The van der Waals surface area contributed by atoms with Crippen LogP contribution in [-0.4, -0.2) is 35.7 Å². The van der Waals surface area contributed by atoms with Gasteiger partial charge in [0.1, 0.15) is 29.1 Å². The molecule has 0 saturated carbocycles. The Morgan fingerprint density at radius 1 is 1.29 bits per heavy atom. The van der Waals surface area contributed by atoms with E-state index in [1.165, 1.54) is 12.3 Å². The highest BCUT2D eigenvalue weighted by Crippen LogP contribution is 2.28. The lowest BCUT2D eigenvalue weighted by molar-refractivity contribution is 0.0210. The average Bonchev–Trinajstić information content (AvgIpc) is 2.63. The lowest BCUT2D eigenvalue weighted by Crippen LogP contribution is -2.44. The number of likely N-dealkylation sites (tertiary alicyclic amines) is 1. The molecule has 0 aliphatic carbocycles. The topological polar surface area (TPSA) is 101 Å². The van der Waals surface area contributed by atoms with Crippen molar-refractivity contribution in [2.75, 3.05) is 23.7 Å².